The maximum atomic E-state index is 5.79. The molecule has 0 amide bonds. The molecule has 1 aliphatic heterocycles. The maximum absolute atomic E-state index is 5.79. The summed E-state index contributed by atoms with van der Waals surface area (Å²) in [6, 6.07) is 12.5. The van der Waals surface area contributed by atoms with Crippen LogP contribution in [0.15, 0.2) is 41.8 Å². The lowest BCUT2D eigenvalue weighted by Gasteiger charge is -2.36. The molecule has 0 radical (unpaired) electrons. The third kappa shape index (κ3) is 4.69. The number of rotatable bonds is 4. The summed E-state index contributed by atoms with van der Waals surface area (Å²) in [6.45, 7) is 6.85. The van der Waals surface area contributed by atoms with E-state index in [4.69, 9.17) is 17.0 Å². The van der Waals surface area contributed by atoms with E-state index in [1.165, 1.54) is 10.6 Å². The zero-order valence-electron chi connectivity index (χ0n) is 14.0. The monoisotopic (exact) mass is 361 g/mol. The number of hydrogen-bond acceptors (Lipinski definition) is 4. The molecule has 0 aliphatic carbocycles. The molecule has 2 heterocycles. The summed E-state index contributed by atoms with van der Waals surface area (Å²) in [5.41, 5.74) is 2.22. The Hall–Kier alpha value is -1.63. The second-order valence-corrected chi connectivity index (χ2v) is 7.54. The normalized spacial score (nSPS) is 20.7. The molecular weight excluding hydrogens is 338 g/mol. The molecule has 1 aromatic carbocycles. The minimum atomic E-state index is 0.264. The van der Waals surface area contributed by atoms with Gasteiger partial charge in [0, 0.05) is 29.3 Å². The molecule has 0 saturated carbocycles. The zero-order valence-corrected chi connectivity index (χ0v) is 15.6. The van der Waals surface area contributed by atoms with E-state index in [2.05, 4.69) is 65.1 Å². The van der Waals surface area contributed by atoms with Gasteiger partial charge in [-0.15, -0.1) is 11.3 Å². The summed E-state index contributed by atoms with van der Waals surface area (Å²) in [5, 5.41) is 9.17. The molecule has 0 spiro atoms. The van der Waals surface area contributed by atoms with Gasteiger partial charge in [0.15, 0.2) is 5.11 Å². The van der Waals surface area contributed by atoms with Gasteiger partial charge in [0.2, 0.25) is 0 Å². The standard InChI is InChI=1S/C18H23N3OS2/c1-13-11-21(12-14(2)22-13)16-7-5-15(6-8-16)20-18(23)19-10-17-4-3-9-24-17/h3-9,13-14H,10-12H2,1-2H3,(H2,19,20,23)/t13-,14-/m0/s1. The highest BCUT2D eigenvalue weighted by Gasteiger charge is 2.22. The van der Waals surface area contributed by atoms with Gasteiger partial charge in [-0.05, 0) is 61.8 Å². The Morgan fingerprint density at radius 2 is 1.92 bits per heavy atom. The van der Waals surface area contributed by atoms with Gasteiger partial charge in [0.05, 0.1) is 18.8 Å². The number of thiophene rings is 1. The van der Waals surface area contributed by atoms with E-state index in [1.54, 1.807) is 11.3 Å². The molecule has 6 heteroatoms. The highest BCUT2D eigenvalue weighted by Crippen LogP contribution is 2.22. The summed E-state index contributed by atoms with van der Waals surface area (Å²) in [7, 11) is 0. The largest absolute Gasteiger partial charge is 0.372 e. The quantitative estimate of drug-likeness (QED) is 0.809. The lowest BCUT2D eigenvalue weighted by Crippen LogP contribution is -2.45. The van der Waals surface area contributed by atoms with E-state index in [9.17, 15) is 0 Å². The maximum Gasteiger partial charge on any atom is 0.171 e. The first kappa shape index (κ1) is 17.2. The second kappa shape index (κ2) is 7.96. The molecule has 1 aliphatic rings. The van der Waals surface area contributed by atoms with Crippen LogP contribution in [-0.4, -0.2) is 30.4 Å². The van der Waals surface area contributed by atoms with Gasteiger partial charge in [-0.2, -0.15) is 0 Å². The van der Waals surface area contributed by atoms with Crippen LogP contribution in [0, 0.1) is 0 Å². The Labute approximate surface area is 152 Å². The van der Waals surface area contributed by atoms with Gasteiger partial charge in [-0.25, -0.2) is 0 Å². The fraction of sp³-hybridized carbons (Fsp3) is 0.389. The van der Waals surface area contributed by atoms with Crippen LogP contribution >= 0.6 is 23.6 Å². The number of nitrogens with zero attached hydrogens (tertiary/aromatic N) is 1. The number of nitrogens with one attached hydrogen (secondary N) is 2. The fourth-order valence-corrected chi connectivity index (χ4v) is 3.73. The van der Waals surface area contributed by atoms with Gasteiger partial charge in [0.1, 0.15) is 0 Å². The molecule has 2 aromatic rings. The lowest BCUT2D eigenvalue weighted by atomic mass is 10.2. The minimum absolute atomic E-state index is 0.264. The molecule has 0 bridgehead atoms. The molecule has 4 nitrogen and oxygen atoms in total. The summed E-state index contributed by atoms with van der Waals surface area (Å²) in [6.07, 6.45) is 0.529. The van der Waals surface area contributed by atoms with E-state index in [0.29, 0.717) is 5.11 Å². The molecule has 1 saturated heterocycles. The summed E-state index contributed by atoms with van der Waals surface area (Å²) in [4.78, 5) is 3.64. The zero-order chi connectivity index (χ0) is 16.9. The van der Waals surface area contributed by atoms with Crippen molar-refractivity contribution in [2.24, 2.45) is 0 Å². The Bertz CT molecular complexity index is 647. The number of morpholine rings is 1. The molecule has 3 rings (SSSR count). The molecule has 24 heavy (non-hydrogen) atoms. The van der Waals surface area contributed by atoms with Gasteiger partial charge >= 0.3 is 0 Å². The first-order valence-corrected chi connectivity index (χ1v) is 9.46. The van der Waals surface area contributed by atoms with Crippen molar-refractivity contribution in [2.45, 2.75) is 32.6 Å². The van der Waals surface area contributed by atoms with E-state index in [0.717, 1.165) is 25.3 Å². The van der Waals surface area contributed by atoms with Crippen LogP contribution in [0.1, 0.15) is 18.7 Å². The predicted molar refractivity (Wildman–Crippen MR) is 106 cm³/mol. The van der Waals surface area contributed by atoms with Crippen LogP contribution in [-0.2, 0) is 11.3 Å². The van der Waals surface area contributed by atoms with E-state index >= 15 is 0 Å². The van der Waals surface area contributed by atoms with E-state index in [-0.39, 0.29) is 12.2 Å². The highest BCUT2D eigenvalue weighted by atomic mass is 32.1. The summed E-state index contributed by atoms with van der Waals surface area (Å²) in [5.74, 6) is 0. The Balaban J connectivity index is 1.53. The molecule has 2 N–H and O–H groups in total. The molecule has 0 unspecified atom stereocenters. The van der Waals surface area contributed by atoms with Gasteiger partial charge < -0.3 is 20.3 Å². The minimum Gasteiger partial charge on any atom is -0.372 e. The fourth-order valence-electron chi connectivity index (χ4n) is 2.90. The number of thiocarbonyl (C=S) groups is 1. The average molecular weight is 362 g/mol. The summed E-state index contributed by atoms with van der Waals surface area (Å²) >= 11 is 7.08. The van der Waals surface area contributed by atoms with Crippen molar-refractivity contribution in [1.29, 1.82) is 0 Å². The van der Waals surface area contributed by atoms with Crippen LogP contribution in [0.3, 0.4) is 0 Å². The highest BCUT2D eigenvalue weighted by molar-refractivity contribution is 7.80. The first-order chi connectivity index (χ1) is 11.6. The topological polar surface area (TPSA) is 36.5 Å². The van der Waals surface area contributed by atoms with Crippen molar-refractivity contribution in [3.05, 3.63) is 46.7 Å². The number of benzene rings is 1. The Morgan fingerprint density at radius 1 is 1.21 bits per heavy atom. The van der Waals surface area contributed by atoms with E-state index < -0.39 is 0 Å². The van der Waals surface area contributed by atoms with Crippen molar-refractivity contribution in [1.82, 2.24) is 5.32 Å². The second-order valence-electron chi connectivity index (χ2n) is 6.10. The Morgan fingerprint density at radius 3 is 2.54 bits per heavy atom. The first-order valence-electron chi connectivity index (χ1n) is 8.18. The third-order valence-electron chi connectivity index (χ3n) is 3.91. The van der Waals surface area contributed by atoms with Crippen LogP contribution in [0.25, 0.3) is 0 Å². The summed E-state index contributed by atoms with van der Waals surface area (Å²) < 4.78 is 5.79. The predicted octanol–water partition coefficient (Wildman–Crippen LogP) is 3.85. The van der Waals surface area contributed by atoms with Crippen molar-refractivity contribution in [2.75, 3.05) is 23.3 Å². The van der Waals surface area contributed by atoms with Crippen LogP contribution in [0.4, 0.5) is 11.4 Å². The number of ether oxygens (including phenoxy) is 1. The van der Waals surface area contributed by atoms with Gasteiger partial charge in [0.25, 0.3) is 0 Å². The molecule has 1 aromatic heterocycles. The lowest BCUT2D eigenvalue weighted by molar-refractivity contribution is -0.00521. The van der Waals surface area contributed by atoms with E-state index in [1.807, 2.05) is 6.07 Å². The van der Waals surface area contributed by atoms with Crippen LogP contribution < -0.4 is 15.5 Å². The van der Waals surface area contributed by atoms with Crippen molar-refractivity contribution in [3.8, 4) is 0 Å². The van der Waals surface area contributed by atoms with Gasteiger partial charge in [-0.1, -0.05) is 6.07 Å². The van der Waals surface area contributed by atoms with Crippen LogP contribution in [0.2, 0.25) is 0 Å². The molecule has 128 valence electrons. The Kier molecular flexibility index (Phi) is 5.71. The number of hydrogen-bond donors (Lipinski definition) is 2. The smallest absolute Gasteiger partial charge is 0.171 e. The van der Waals surface area contributed by atoms with Crippen molar-refractivity contribution in [3.63, 3.8) is 0 Å². The molecule has 2 atom stereocenters. The van der Waals surface area contributed by atoms with Gasteiger partial charge in [-0.3, -0.25) is 0 Å². The molecule has 1 fully saturated rings. The SMILES string of the molecule is C[C@H]1CN(c2ccc(NC(=S)NCc3cccs3)cc2)C[C@H](C)O1. The average Bonchev–Trinajstić information content (AvgIpc) is 3.06. The molecular formula is C18H23N3OS2. The van der Waals surface area contributed by atoms with Crippen LogP contribution in [0.5, 0.6) is 0 Å². The van der Waals surface area contributed by atoms with Crippen molar-refractivity contribution < 1.29 is 4.74 Å². The number of anilines is 2. The van der Waals surface area contributed by atoms with Crippen molar-refractivity contribution >= 4 is 40.0 Å². The third-order valence-corrected chi connectivity index (χ3v) is 5.04.